The second kappa shape index (κ2) is 3.66. The monoisotopic (exact) mass is 191 g/mol. The molecule has 0 aromatic heterocycles. The summed E-state index contributed by atoms with van der Waals surface area (Å²) in [6, 6.07) is 4.64. The Kier molecular flexibility index (Phi) is 2.77. The fourth-order valence-corrected chi connectivity index (χ4v) is 0.854. The zero-order valence-electron chi connectivity index (χ0n) is 6.85. The van der Waals surface area contributed by atoms with Gasteiger partial charge in [0.25, 0.3) is 0 Å². The predicted octanol–water partition coefficient (Wildman–Crippen LogP) is 2.22. The Labute approximate surface area is 73.3 Å². The first-order chi connectivity index (χ1) is 6.04. The van der Waals surface area contributed by atoms with Crippen LogP contribution in [0.4, 0.5) is 13.2 Å². The van der Waals surface area contributed by atoms with Crippen molar-refractivity contribution in [3.05, 3.63) is 29.8 Å². The molecule has 0 fully saturated rings. The highest BCUT2D eigenvalue weighted by Gasteiger charge is 2.30. The number of nitrogens with one attached hydrogen (secondary N) is 1. The molecule has 1 N–H and O–H groups in total. The van der Waals surface area contributed by atoms with Gasteiger partial charge in [-0.3, -0.25) is 0 Å². The number of hydrogen-bond acceptors (Lipinski definition) is 2. The molecule has 13 heavy (non-hydrogen) atoms. The largest absolute Gasteiger partial charge is 0.416 e. The lowest BCUT2D eigenvalue weighted by Gasteiger charge is -2.08. The molecule has 0 radical (unpaired) electrons. The van der Waals surface area contributed by atoms with E-state index in [1.54, 1.807) is 0 Å². The van der Waals surface area contributed by atoms with E-state index in [0.29, 0.717) is 0 Å². The minimum atomic E-state index is -4.33. The van der Waals surface area contributed by atoms with Gasteiger partial charge in [-0.2, -0.15) is 18.7 Å². The number of rotatable bonds is 2. The molecule has 5 heteroatoms. The van der Waals surface area contributed by atoms with Gasteiger partial charge in [-0.05, 0) is 18.2 Å². The van der Waals surface area contributed by atoms with E-state index in [1.165, 1.54) is 19.2 Å². The van der Waals surface area contributed by atoms with Gasteiger partial charge in [0, 0.05) is 7.05 Å². The van der Waals surface area contributed by atoms with Crippen LogP contribution in [0.2, 0.25) is 0 Å². The van der Waals surface area contributed by atoms with Gasteiger partial charge in [-0.1, -0.05) is 6.07 Å². The van der Waals surface area contributed by atoms with Crippen LogP contribution in [0.15, 0.2) is 24.3 Å². The minimum absolute atomic E-state index is 0.136. The van der Waals surface area contributed by atoms with Crippen molar-refractivity contribution in [3.63, 3.8) is 0 Å². The first-order valence-corrected chi connectivity index (χ1v) is 3.55. The van der Waals surface area contributed by atoms with E-state index >= 15 is 0 Å². The summed E-state index contributed by atoms with van der Waals surface area (Å²) in [5, 5.41) is 0. The normalized spacial score (nSPS) is 11.4. The van der Waals surface area contributed by atoms with E-state index in [9.17, 15) is 13.2 Å². The number of hydrogen-bond donors (Lipinski definition) is 1. The molecular weight excluding hydrogens is 183 g/mol. The second-order valence-electron chi connectivity index (χ2n) is 2.33. The van der Waals surface area contributed by atoms with E-state index in [2.05, 4.69) is 5.48 Å². The Hall–Kier alpha value is -1.23. The predicted molar refractivity (Wildman–Crippen MR) is 41.1 cm³/mol. The number of benzene rings is 1. The molecule has 2 nitrogen and oxygen atoms in total. The molecule has 0 heterocycles. The SMILES string of the molecule is CNOc1cccc(C(F)(F)F)c1. The molecule has 1 rings (SSSR count). The lowest BCUT2D eigenvalue weighted by atomic mass is 10.2. The zero-order valence-corrected chi connectivity index (χ0v) is 6.85. The first kappa shape index (κ1) is 9.85. The summed E-state index contributed by atoms with van der Waals surface area (Å²) < 4.78 is 36.4. The number of alkyl halides is 3. The molecule has 0 saturated heterocycles. The van der Waals surface area contributed by atoms with Crippen molar-refractivity contribution >= 4 is 0 Å². The molecule has 72 valence electrons. The van der Waals surface area contributed by atoms with Crippen molar-refractivity contribution in [1.29, 1.82) is 0 Å². The van der Waals surface area contributed by atoms with Gasteiger partial charge in [-0.25, -0.2) is 0 Å². The third kappa shape index (κ3) is 2.62. The average Bonchev–Trinajstić information content (AvgIpc) is 2.04. The smallest absolute Gasteiger partial charge is 0.409 e. The van der Waals surface area contributed by atoms with Crippen LogP contribution in [0.5, 0.6) is 5.75 Å². The fraction of sp³-hybridized carbons (Fsp3) is 0.250. The fourth-order valence-electron chi connectivity index (χ4n) is 0.854. The lowest BCUT2D eigenvalue weighted by molar-refractivity contribution is -0.137. The van der Waals surface area contributed by atoms with E-state index in [4.69, 9.17) is 4.84 Å². The van der Waals surface area contributed by atoms with Crippen molar-refractivity contribution in [2.24, 2.45) is 0 Å². The van der Waals surface area contributed by atoms with Crippen LogP contribution in [0, 0.1) is 0 Å². The Morgan fingerprint density at radius 3 is 2.54 bits per heavy atom. The summed E-state index contributed by atoms with van der Waals surface area (Å²) in [7, 11) is 1.47. The summed E-state index contributed by atoms with van der Waals surface area (Å²) >= 11 is 0. The minimum Gasteiger partial charge on any atom is -0.409 e. The third-order valence-corrected chi connectivity index (χ3v) is 1.38. The van der Waals surface area contributed by atoms with Gasteiger partial charge in [0.1, 0.15) is 5.75 Å². The van der Waals surface area contributed by atoms with Crippen LogP contribution in [0.1, 0.15) is 5.56 Å². The van der Waals surface area contributed by atoms with E-state index in [-0.39, 0.29) is 5.75 Å². The van der Waals surface area contributed by atoms with Crippen molar-refractivity contribution in [1.82, 2.24) is 5.48 Å². The third-order valence-electron chi connectivity index (χ3n) is 1.38. The van der Waals surface area contributed by atoms with Gasteiger partial charge in [0.15, 0.2) is 0 Å². The quantitative estimate of drug-likeness (QED) is 0.723. The van der Waals surface area contributed by atoms with Crippen LogP contribution in [-0.4, -0.2) is 7.05 Å². The number of hydroxylamine groups is 1. The maximum Gasteiger partial charge on any atom is 0.416 e. The average molecular weight is 191 g/mol. The highest BCUT2D eigenvalue weighted by atomic mass is 19.4. The molecule has 0 amide bonds. The van der Waals surface area contributed by atoms with Gasteiger partial charge in [-0.15, -0.1) is 0 Å². The van der Waals surface area contributed by atoms with Gasteiger partial charge < -0.3 is 4.84 Å². The Bertz CT molecular complexity index is 285. The molecular formula is C8H8F3NO. The Balaban J connectivity index is 2.92. The van der Waals surface area contributed by atoms with Crippen molar-refractivity contribution in [2.75, 3.05) is 7.05 Å². The lowest BCUT2D eigenvalue weighted by Crippen LogP contribution is -2.12. The van der Waals surface area contributed by atoms with Crippen molar-refractivity contribution < 1.29 is 18.0 Å². The van der Waals surface area contributed by atoms with Gasteiger partial charge in [0.05, 0.1) is 5.56 Å². The summed E-state index contributed by atoms with van der Waals surface area (Å²) in [4.78, 5) is 4.69. The maximum atomic E-state index is 12.1. The molecule has 0 saturated carbocycles. The molecule has 0 aliphatic carbocycles. The second-order valence-corrected chi connectivity index (χ2v) is 2.33. The van der Waals surface area contributed by atoms with E-state index < -0.39 is 11.7 Å². The summed E-state index contributed by atoms with van der Waals surface area (Å²) in [6.07, 6.45) is -4.33. The molecule has 0 unspecified atom stereocenters. The van der Waals surface area contributed by atoms with Crippen LogP contribution in [0.3, 0.4) is 0 Å². The Morgan fingerprint density at radius 1 is 1.31 bits per heavy atom. The molecule has 0 aliphatic rings. The molecule has 0 bridgehead atoms. The van der Waals surface area contributed by atoms with Crippen molar-refractivity contribution in [3.8, 4) is 5.75 Å². The van der Waals surface area contributed by atoms with Gasteiger partial charge >= 0.3 is 6.18 Å². The molecule has 0 aliphatic heterocycles. The first-order valence-electron chi connectivity index (χ1n) is 3.55. The standard InChI is InChI=1S/C8H8F3NO/c1-12-13-7-4-2-3-6(5-7)8(9,10)11/h2-5,12H,1H3. The Morgan fingerprint density at radius 2 is 2.00 bits per heavy atom. The van der Waals surface area contributed by atoms with Crippen LogP contribution in [0.25, 0.3) is 0 Å². The highest BCUT2D eigenvalue weighted by molar-refractivity contribution is 5.29. The summed E-state index contributed by atoms with van der Waals surface area (Å²) in [5.41, 5.74) is 1.57. The molecule has 0 atom stereocenters. The number of halogens is 3. The summed E-state index contributed by atoms with van der Waals surface area (Å²) in [5.74, 6) is 0.136. The topological polar surface area (TPSA) is 21.3 Å². The van der Waals surface area contributed by atoms with Crippen molar-refractivity contribution in [2.45, 2.75) is 6.18 Å². The van der Waals surface area contributed by atoms with Crippen LogP contribution >= 0.6 is 0 Å². The van der Waals surface area contributed by atoms with E-state index in [1.807, 2.05) is 0 Å². The van der Waals surface area contributed by atoms with Crippen LogP contribution in [-0.2, 0) is 6.18 Å². The maximum absolute atomic E-state index is 12.1. The zero-order chi connectivity index (χ0) is 9.90. The molecule has 1 aromatic rings. The van der Waals surface area contributed by atoms with Crippen LogP contribution < -0.4 is 10.3 Å². The highest BCUT2D eigenvalue weighted by Crippen LogP contribution is 2.30. The summed E-state index contributed by atoms with van der Waals surface area (Å²) in [6.45, 7) is 0. The molecule has 1 aromatic carbocycles. The molecule has 0 spiro atoms. The van der Waals surface area contributed by atoms with Gasteiger partial charge in [0.2, 0.25) is 0 Å². The van der Waals surface area contributed by atoms with E-state index in [0.717, 1.165) is 12.1 Å².